The van der Waals surface area contributed by atoms with E-state index in [0.717, 1.165) is 11.3 Å². The third kappa shape index (κ3) is 3.99. The van der Waals surface area contributed by atoms with Crippen LogP contribution in [0.4, 0.5) is 5.69 Å². The number of nitrogens with one attached hydrogen (secondary N) is 1. The van der Waals surface area contributed by atoms with Crippen LogP contribution in [0.15, 0.2) is 82.9 Å². The van der Waals surface area contributed by atoms with E-state index in [9.17, 15) is 8.42 Å². The molecule has 136 valence electrons. The van der Waals surface area contributed by atoms with E-state index < -0.39 is 10.0 Å². The van der Waals surface area contributed by atoms with Crippen molar-refractivity contribution in [3.8, 4) is 17.4 Å². The number of ether oxygens (including phenoxy) is 1. The Morgan fingerprint density at radius 3 is 2.48 bits per heavy atom. The second-order valence-electron chi connectivity index (χ2n) is 5.47. The van der Waals surface area contributed by atoms with Crippen LogP contribution in [0.5, 0.6) is 11.6 Å². The molecule has 9 heteroatoms. The predicted octanol–water partition coefficient (Wildman–Crippen LogP) is 3.92. The zero-order chi connectivity index (χ0) is 18.7. The minimum absolute atomic E-state index is 0.265. The molecule has 27 heavy (non-hydrogen) atoms. The number of hydrogen-bond donors (Lipinski definition) is 1. The standard InChI is InChI=1S/C18H14N4O3S2/c23-27(24,18-4-3-11-26-18)21-14-5-7-15(8-6-14)25-17-12-16(19-13-20-17)22-9-1-2-10-22/h1-13,21H. The fourth-order valence-electron chi connectivity index (χ4n) is 2.35. The Labute approximate surface area is 160 Å². The molecule has 4 rings (SSSR count). The average Bonchev–Trinajstić information content (AvgIpc) is 3.38. The van der Waals surface area contributed by atoms with Gasteiger partial charge in [-0.1, -0.05) is 6.07 Å². The summed E-state index contributed by atoms with van der Waals surface area (Å²) in [5, 5.41) is 1.72. The van der Waals surface area contributed by atoms with E-state index in [1.807, 2.05) is 29.1 Å². The highest BCUT2D eigenvalue weighted by molar-refractivity contribution is 7.94. The van der Waals surface area contributed by atoms with Crippen LogP contribution >= 0.6 is 11.3 Å². The summed E-state index contributed by atoms with van der Waals surface area (Å²) in [5.74, 6) is 1.61. The molecule has 0 saturated heterocycles. The first-order chi connectivity index (χ1) is 13.1. The van der Waals surface area contributed by atoms with Gasteiger partial charge in [0.25, 0.3) is 10.0 Å². The number of benzene rings is 1. The summed E-state index contributed by atoms with van der Waals surface area (Å²) in [5.41, 5.74) is 0.450. The second-order valence-corrected chi connectivity index (χ2v) is 8.33. The van der Waals surface area contributed by atoms with Crippen LogP contribution in [-0.2, 0) is 10.0 Å². The molecule has 0 radical (unpaired) electrons. The van der Waals surface area contributed by atoms with Crippen molar-refractivity contribution >= 4 is 27.0 Å². The van der Waals surface area contributed by atoms with Gasteiger partial charge in [0.05, 0.1) is 0 Å². The number of anilines is 1. The Balaban J connectivity index is 1.48. The minimum Gasteiger partial charge on any atom is -0.439 e. The molecule has 0 saturated carbocycles. The minimum atomic E-state index is -3.57. The summed E-state index contributed by atoms with van der Waals surface area (Å²) in [6.07, 6.45) is 5.18. The first kappa shape index (κ1) is 17.3. The molecule has 1 aromatic carbocycles. The van der Waals surface area contributed by atoms with Gasteiger partial charge in [0.1, 0.15) is 22.1 Å². The van der Waals surface area contributed by atoms with Crippen LogP contribution in [0.1, 0.15) is 0 Å². The fraction of sp³-hybridized carbons (Fsp3) is 0. The van der Waals surface area contributed by atoms with E-state index in [1.165, 1.54) is 6.33 Å². The van der Waals surface area contributed by atoms with E-state index in [1.54, 1.807) is 47.8 Å². The van der Waals surface area contributed by atoms with Crippen LogP contribution in [0.25, 0.3) is 5.82 Å². The van der Waals surface area contributed by atoms with Crippen LogP contribution in [0.3, 0.4) is 0 Å². The summed E-state index contributed by atoms with van der Waals surface area (Å²) in [4.78, 5) is 8.30. The summed E-state index contributed by atoms with van der Waals surface area (Å²) < 4.78 is 34.9. The van der Waals surface area contributed by atoms with E-state index in [2.05, 4.69) is 14.7 Å². The quantitative estimate of drug-likeness (QED) is 0.532. The molecule has 3 heterocycles. The zero-order valence-corrected chi connectivity index (χ0v) is 15.5. The summed E-state index contributed by atoms with van der Waals surface area (Å²) in [6, 6.07) is 15.4. The normalized spacial score (nSPS) is 11.3. The molecule has 0 atom stereocenters. The largest absolute Gasteiger partial charge is 0.439 e. The molecular formula is C18H14N4O3S2. The van der Waals surface area contributed by atoms with Crippen molar-refractivity contribution in [3.05, 3.63) is 78.7 Å². The van der Waals surface area contributed by atoms with Crippen molar-refractivity contribution in [2.24, 2.45) is 0 Å². The van der Waals surface area contributed by atoms with Crippen molar-refractivity contribution in [2.75, 3.05) is 4.72 Å². The molecule has 0 aliphatic heterocycles. The third-order valence-corrected chi connectivity index (χ3v) is 6.36. The van der Waals surface area contributed by atoms with E-state index in [4.69, 9.17) is 4.74 Å². The van der Waals surface area contributed by atoms with Crippen molar-refractivity contribution < 1.29 is 13.2 Å². The SMILES string of the molecule is O=S(=O)(Nc1ccc(Oc2cc(-n3cccc3)ncn2)cc1)c1cccs1. The van der Waals surface area contributed by atoms with Crippen molar-refractivity contribution in [3.63, 3.8) is 0 Å². The molecule has 0 aliphatic carbocycles. The smallest absolute Gasteiger partial charge is 0.271 e. The lowest BCUT2D eigenvalue weighted by molar-refractivity contribution is 0.461. The fourth-order valence-corrected chi connectivity index (χ4v) is 4.40. The highest BCUT2D eigenvalue weighted by Crippen LogP contribution is 2.24. The summed E-state index contributed by atoms with van der Waals surface area (Å²) in [6.45, 7) is 0. The summed E-state index contributed by atoms with van der Waals surface area (Å²) >= 11 is 1.16. The molecule has 0 aliphatic rings. The maximum atomic E-state index is 12.2. The van der Waals surface area contributed by atoms with Crippen LogP contribution in [0.2, 0.25) is 0 Å². The van der Waals surface area contributed by atoms with Gasteiger partial charge >= 0.3 is 0 Å². The van der Waals surface area contributed by atoms with Crippen LogP contribution in [0, 0.1) is 0 Å². The van der Waals surface area contributed by atoms with Gasteiger partial charge in [0.2, 0.25) is 5.88 Å². The van der Waals surface area contributed by atoms with E-state index in [-0.39, 0.29) is 4.21 Å². The van der Waals surface area contributed by atoms with E-state index >= 15 is 0 Å². The number of hydrogen-bond acceptors (Lipinski definition) is 6. The second kappa shape index (κ2) is 7.22. The Morgan fingerprint density at radius 1 is 1.00 bits per heavy atom. The number of nitrogens with zero attached hydrogens (tertiary/aromatic N) is 3. The van der Waals surface area contributed by atoms with Crippen molar-refractivity contribution in [1.29, 1.82) is 0 Å². The highest BCUT2D eigenvalue weighted by atomic mass is 32.2. The van der Waals surface area contributed by atoms with Gasteiger partial charge in [0.15, 0.2) is 0 Å². The topological polar surface area (TPSA) is 86.1 Å². The molecule has 0 bridgehead atoms. The van der Waals surface area contributed by atoms with Crippen molar-refractivity contribution in [1.82, 2.24) is 14.5 Å². The maximum Gasteiger partial charge on any atom is 0.271 e. The molecule has 3 aromatic heterocycles. The lowest BCUT2D eigenvalue weighted by atomic mass is 10.3. The molecule has 1 N–H and O–H groups in total. The number of aromatic nitrogens is 3. The van der Waals surface area contributed by atoms with E-state index in [0.29, 0.717) is 23.1 Å². The van der Waals surface area contributed by atoms with Gasteiger partial charge in [-0.25, -0.2) is 18.4 Å². The summed E-state index contributed by atoms with van der Waals surface area (Å²) in [7, 11) is -3.57. The lowest BCUT2D eigenvalue weighted by Crippen LogP contribution is -2.11. The predicted molar refractivity (Wildman–Crippen MR) is 103 cm³/mol. The first-order valence-corrected chi connectivity index (χ1v) is 10.3. The number of sulfonamides is 1. The van der Waals surface area contributed by atoms with Gasteiger partial charge in [-0.15, -0.1) is 11.3 Å². The maximum absolute atomic E-state index is 12.2. The zero-order valence-electron chi connectivity index (χ0n) is 13.9. The molecular weight excluding hydrogens is 384 g/mol. The number of thiophene rings is 1. The Bertz CT molecular complexity index is 1120. The van der Waals surface area contributed by atoms with Crippen molar-refractivity contribution in [2.45, 2.75) is 4.21 Å². The molecule has 0 unspecified atom stereocenters. The van der Waals surface area contributed by atoms with Gasteiger partial charge in [-0.3, -0.25) is 4.72 Å². The molecule has 0 fully saturated rings. The number of rotatable bonds is 6. The Kier molecular flexibility index (Phi) is 4.61. The molecule has 0 amide bonds. The molecule has 0 spiro atoms. The average molecular weight is 398 g/mol. The van der Waals surface area contributed by atoms with Crippen LogP contribution in [-0.4, -0.2) is 23.0 Å². The Hall–Kier alpha value is -3.17. The van der Waals surface area contributed by atoms with Crippen LogP contribution < -0.4 is 9.46 Å². The van der Waals surface area contributed by atoms with Gasteiger partial charge < -0.3 is 9.30 Å². The monoisotopic (exact) mass is 398 g/mol. The Morgan fingerprint density at radius 2 is 1.78 bits per heavy atom. The highest BCUT2D eigenvalue weighted by Gasteiger charge is 2.15. The van der Waals surface area contributed by atoms with Gasteiger partial charge in [0, 0.05) is 24.1 Å². The molecule has 7 nitrogen and oxygen atoms in total. The van der Waals surface area contributed by atoms with Gasteiger partial charge in [-0.2, -0.15) is 0 Å². The molecule has 4 aromatic rings. The first-order valence-electron chi connectivity index (χ1n) is 7.90. The van der Waals surface area contributed by atoms with Gasteiger partial charge in [-0.05, 0) is 47.8 Å². The third-order valence-electron chi connectivity index (χ3n) is 3.59. The lowest BCUT2D eigenvalue weighted by Gasteiger charge is -2.09.